The third kappa shape index (κ3) is 5.25. The number of anilines is 2. The molecule has 0 bridgehead atoms. The lowest BCUT2D eigenvalue weighted by atomic mass is 10.2. The Bertz CT molecular complexity index is 818. The molecule has 2 heterocycles. The van der Waals surface area contributed by atoms with Crippen molar-refractivity contribution in [1.29, 1.82) is 0 Å². The maximum Gasteiger partial charge on any atom is 0.225 e. The largest absolute Gasteiger partial charge is 0.354 e. The second-order valence-electron chi connectivity index (χ2n) is 7.49. The molecule has 150 valence electrons. The van der Waals surface area contributed by atoms with Crippen LogP contribution >= 0.6 is 0 Å². The van der Waals surface area contributed by atoms with Crippen molar-refractivity contribution in [1.82, 2.24) is 14.9 Å². The van der Waals surface area contributed by atoms with Crippen LogP contribution in [-0.4, -0.2) is 53.5 Å². The molecule has 6 nitrogen and oxygen atoms in total. The van der Waals surface area contributed by atoms with Crippen LogP contribution in [0.1, 0.15) is 37.7 Å². The van der Waals surface area contributed by atoms with E-state index < -0.39 is 5.82 Å². The molecule has 3 rings (SSSR count). The molecule has 7 heteroatoms. The molecule has 1 aliphatic heterocycles. The lowest BCUT2D eigenvalue weighted by molar-refractivity contribution is -0.116. The average molecular weight is 385 g/mol. The van der Waals surface area contributed by atoms with Crippen molar-refractivity contribution in [2.24, 2.45) is 0 Å². The number of piperazine rings is 1. The molecule has 0 spiro atoms. The molecule has 1 saturated heterocycles. The van der Waals surface area contributed by atoms with E-state index in [1.165, 1.54) is 6.07 Å². The smallest absolute Gasteiger partial charge is 0.225 e. The fourth-order valence-electron chi connectivity index (χ4n) is 3.23. The van der Waals surface area contributed by atoms with Crippen LogP contribution in [0.4, 0.5) is 15.9 Å². The fraction of sp³-hybridized carbons (Fsp3) is 0.476. The van der Waals surface area contributed by atoms with Crippen LogP contribution in [0.3, 0.4) is 0 Å². The predicted molar refractivity (Wildman–Crippen MR) is 109 cm³/mol. The molecule has 0 saturated carbocycles. The van der Waals surface area contributed by atoms with Crippen LogP contribution < -0.4 is 10.2 Å². The number of carbonyl (C=O) groups excluding carboxylic acids is 1. The number of carbonyl (C=O) groups is 1. The van der Waals surface area contributed by atoms with Crippen LogP contribution in [-0.2, 0) is 4.79 Å². The molecular formula is C21H28FN5O. The summed E-state index contributed by atoms with van der Waals surface area (Å²) >= 11 is 0. The summed E-state index contributed by atoms with van der Waals surface area (Å²) in [5.74, 6) is 1.58. The van der Waals surface area contributed by atoms with Crippen LogP contribution in [0, 0.1) is 12.7 Å². The van der Waals surface area contributed by atoms with Crippen molar-refractivity contribution in [2.45, 2.75) is 33.1 Å². The Hall–Kier alpha value is -2.54. The van der Waals surface area contributed by atoms with E-state index >= 15 is 0 Å². The van der Waals surface area contributed by atoms with Gasteiger partial charge in [-0.15, -0.1) is 0 Å². The molecule has 0 radical (unpaired) electrons. The number of aromatic nitrogens is 2. The number of nitrogens with one attached hydrogen (secondary N) is 1. The minimum atomic E-state index is -0.412. The van der Waals surface area contributed by atoms with Crippen molar-refractivity contribution in [2.75, 3.05) is 42.9 Å². The summed E-state index contributed by atoms with van der Waals surface area (Å²) < 4.78 is 13.6. The highest BCUT2D eigenvalue weighted by Crippen LogP contribution is 2.19. The van der Waals surface area contributed by atoms with E-state index in [-0.39, 0.29) is 11.6 Å². The molecule has 1 N–H and O–H groups in total. The highest BCUT2D eigenvalue weighted by Gasteiger charge is 2.20. The topological polar surface area (TPSA) is 61.4 Å². The maximum atomic E-state index is 13.6. The van der Waals surface area contributed by atoms with E-state index in [1.807, 2.05) is 13.0 Å². The zero-order chi connectivity index (χ0) is 20.1. The van der Waals surface area contributed by atoms with Gasteiger partial charge in [-0.1, -0.05) is 26.0 Å². The highest BCUT2D eigenvalue weighted by atomic mass is 19.1. The summed E-state index contributed by atoms with van der Waals surface area (Å²) in [6.07, 6.45) is 0.346. The zero-order valence-corrected chi connectivity index (χ0v) is 16.8. The quantitative estimate of drug-likeness (QED) is 0.827. The van der Waals surface area contributed by atoms with Gasteiger partial charge < -0.3 is 10.2 Å². The normalized spacial score (nSPS) is 15.1. The maximum absolute atomic E-state index is 13.6. The molecule has 0 atom stereocenters. The van der Waals surface area contributed by atoms with E-state index in [0.29, 0.717) is 18.9 Å². The second-order valence-corrected chi connectivity index (χ2v) is 7.49. The summed E-state index contributed by atoms with van der Waals surface area (Å²) in [7, 11) is 0. The minimum absolute atomic E-state index is 0.166. The third-order valence-corrected chi connectivity index (χ3v) is 4.87. The van der Waals surface area contributed by atoms with Crippen LogP contribution in [0.25, 0.3) is 0 Å². The van der Waals surface area contributed by atoms with E-state index in [2.05, 4.69) is 33.9 Å². The van der Waals surface area contributed by atoms with E-state index in [4.69, 9.17) is 4.98 Å². The van der Waals surface area contributed by atoms with E-state index in [0.717, 1.165) is 43.5 Å². The van der Waals surface area contributed by atoms with Gasteiger partial charge in [-0.25, -0.2) is 14.4 Å². The lowest BCUT2D eigenvalue weighted by Gasteiger charge is -2.35. The molecule has 1 aromatic heterocycles. The Kier molecular flexibility index (Phi) is 6.57. The van der Waals surface area contributed by atoms with Gasteiger partial charge in [0, 0.05) is 56.8 Å². The average Bonchev–Trinajstić information content (AvgIpc) is 2.68. The molecule has 1 aliphatic rings. The molecule has 1 aromatic carbocycles. The number of rotatable bonds is 6. The Morgan fingerprint density at radius 3 is 2.57 bits per heavy atom. The Balaban J connectivity index is 1.48. The monoisotopic (exact) mass is 385 g/mol. The number of aryl methyl sites for hydroxylation is 1. The molecular weight excluding hydrogens is 357 g/mol. The van der Waals surface area contributed by atoms with Crippen molar-refractivity contribution >= 4 is 17.4 Å². The number of hydrogen-bond acceptors (Lipinski definition) is 5. The summed E-state index contributed by atoms with van der Waals surface area (Å²) in [4.78, 5) is 25.9. The summed E-state index contributed by atoms with van der Waals surface area (Å²) in [5, 5.41) is 2.64. The summed E-state index contributed by atoms with van der Waals surface area (Å²) in [6, 6.07) is 8.25. The van der Waals surface area contributed by atoms with Gasteiger partial charge in [-0.05, 0) is 19.1 Å². The zero-order valence-electron chi connectivity index (χ0n) is 16.8. The highest BCUT2D eigenvalue weighted by molar-refractivity contribution is 5.90. The molecule has 1 amide bonds. The standard InChI is InChI=1S/C21H28FN5O/c1-15(2)21-23-16(3)14-19(25-21)27-12-10-26(11-13-27)9-8-20(28)24-18-7-5-4-6-17(18)22/h4-7,14-15H,8-13H2,1-3H3,(H,24,28). The number of amides is 1. The number of nitrogens with zero attached hydrogens (tertiary/aromatic N) is 4. The van der Waals surface area contributed by atoms with Crippen molar-refractivity contribution in [3.8, 4) is 0 Å². The minimum Gasteiger partial charge on any atom is -0.354 e. The van der Waals surface area contributed by atoms with Crippen LogP contribution in [0.5, 0.6) is 0 Å². The predicted octanol–water partition coefficient (Wildman–Crippen LogP) is 3.20. The van der Waals surface area contributed by atoms with Gasteiger partial charge in [-0.2, -0.15) is 0 Å². The van der Waals surface area contributed by atoms with Gasteiger partial charge >= 0.3 is 0 Å². The molecule has 2 aromatic rings. The molecule has 0 aliphatic carbocycles. The Morgan fingerprint density at radius 1 is 1.18 bits per heavy atom. The first-order valence-corrected chi connectivity index (χ1v) is 9.79. The first-order chi connectivity index (χ1) is 13.4. The van der Waals surface area contributed by atoms with Gasteiger partial charge in [0.1, 0.15) is 17.5 Å². The van der Waals surface area contributed by atoms with Crippen LogP contribution in [0.15, 0.2) is 30.3 Å². The van der Waals surface area contributed by atoms with Crippen molar-refractivity contribution < 1.29 is 9.18 Å². The SMILES string of the molecule is Cc1cc(N2CCN(CCC(=O)Nc3ccccc3F)CC2)nc(C(C)C)n1. The Morgan fingerprint density at radius 2 is 1.89 bits per heavy atom. The van der Waals surface area contributed by atoms with Gasteiger partial charge in [0.15, 0.2) is 0 Å². The number of hydrogen-bond donors (Lipinski definition) is 1. The first-order valence-electron chi connectivity index (χ1n) is 9.79. The summed E-state index contributed by atoms with van der Waals surface area (Å²) in [6.45, 7) is 10.3. The van der Waals surface area contributed by atoms with Gasteiger partial charge in [0.2, 0.25) is 5.91 Å². The first kappa shape index (κ1) is 20.2. The molecule has 0 unspecified atom stereocenters. The lowest BCUT2D eigenvalue weighted by Crippen LogP contribution is -2.47. The second kappa shape index (κ2) is 9.10. The van der Waals surface area contributed by atoms with Crippen molar-refractivity contribution in [3.05, 3.63) is 47.7 Å². The Labute approximate surface area is 165 Å². The third-order valence-electron chi connectivity index (χ3n) is 4.87. The van der Waals surface area contributed by atoms with Gasteiger partial charge in [-0.3, -0.25) is 9.69 Å². The molecule has 1 fully saturated rings. The van der Waals surface area contributed by atoms with Crippen molar-refractivity contribution in [3.63, 3.8) is 0 Å². The van der Waals surface area contributed by atoms with E-state index in [1.54, 1.807) is 18.2 Å². The number of para-hydroxylation sites is 1. The fourth-order valence-corrected chi connectivity index (χ4v) is 3.23. The van der Waals surface area contributed by atoms with E-state index in [9.17, 15) is 9.18 Å². The summed E-state index contributed by atoms with van der Waals surface area (Å²) in [5.41, 5.74) is 1.22. The van der Waals surface area contributed by atoms with Crippen LogP contribution in [0.2, 0.25) is 0 Å². The number of benzene rings is 1. The number of halogens is 1. The molecule has 28 heavy (non-hydrogen) atoms. The van der Waals surface area contributed by atoms with Gasteiger partial charge in [0.05, 0.1) is 5.69 Å². The van der Waals surface area contributed by atoms with Gasteiger partial charge in [0.25, 0.3) is 0 Å².